The standard InChI is InChI=1S/C31H42N6O5/c32-25-8-10-26(11-9-25)33-29(38)24-7-12-28(27(21-24)34-30(39)42-22-23-5-2-1-3-6-23)35-13-4-14-36(16-15-35)31(40)37-17-19-41-20-18-37/h1-3,5-7,12,21,25-26H,4,8-11,13-20,22,32H2,(H,33,38)(H,34,39). The number of urea groups is 1. The van der Waals surface area contributed by atoms with Gasteiger partial charge in [-0.2, -0.15) is 0 Å². The van der Waals surface area contributed by atoms with Crippen LogP contribution in [0.15, 0.2) is 48.5 Å². The van der Waals surface area contributed by atoms with Gasteiger partial charge in [0.05, 0.1) is 24.6 Å². The van der Waals surface area contributed by atoms with E-state index in [0.717, 1.165) is 43.4 Å². The normalized spacial score (nSPS) is 21.3. The predicted octanol–water partition coefficient (Wildman–Crippen LogP) is 3.40. The Labute approximate surface area is 247 Å². The molecule has 1 saturated carbocycles. The summed E-state index contributed by atoms with van der Waals surface area (Å²) in [7, 11) is 0. The minimum Gasteiger partial charge on any atom is -0.444 e. The molecule has 0 atom stereocenters. The highest BCUT2D eigenvalue weighted by molar-refractivity contribution is 5.98. The summed E-state index contributed by atoms with van der Waals surface area (Å²) in [6.07, 6.45) is 3.68. The number of nitrogens with one attached hydrogen (secondary N) is 2. The van der Waals surface area contributed by atoms with Crippen LogP contribution in [0.5, 0.6) is 0 Å². The van der Waals surface area contributed by atoms with Crippen molar-refractivity contribution in [3.8, 4) is 0 Å². The van der Waals surface area contributed by atoms with Crippen molar-refractivity contribution < 1.29 is 23.9 Å². The summed E-state index contributed by atoms with van der Waals surface area (Å²) in [5.74, 6) is -0.180. The van der Waals surface area contributed by atoms with E-state index in [1.54, 1.807) is 12.1 Å². The van der Waals surface area contributed by atoms with Gasteiger partial charge >= 0.3 is 12.1 Å². The number of ether oxygens (including phenoxy) is 2. The van der Waals surface area contributed by atoms with Crippen LogP contribution in [0.3, 0.4) is 0 Å². The van der Waals surface area contributed by atoms with E-state index in [-0.39, 0.29) is 30.6 Å². The van der Waals surface area contributed by atoms with Crippen molar-refractivity contribution >= 4 is 29.4 Å². The summed E-state index contributed by atoms with van der Waals surface area (Å²) in [5, 5.41) is 6.02. The number of hydrogen-bond acceptors (Lipinski definition) is 7. The minimum atomic E-state index is -0.599. The number of morpholine rings is 1. The van der Waals surface area contributed by atoms with Crippen molar-refractivity contribution in [1.29, 1.82) is 0 Å². The molecule has 3 aliphatic rings. The van der Waals surface area contributed by atoms with Crippen molar-refractivity contribution in [2.24, 2.45) is 5.73 Å². The first-order valence-corrected chi connectivity index (χ1v) is 15.0. The van der Waals surface area contributed by atoms with Crippen LogP contribution < -0.4 is 21.3 Å². The first-order valence-electron chi connectivity index (χ1n) is 15.0. The van der Waals surface area contributed by atoms with Crippen LogP contribution in [-0.4, -0.2) is 92.4 Å². The van der Waals surface area contributed by atoms with Gasteiger partial charge in [0, 0.05) is 56.9 Å². The number of amides is 4. The highest BCUT2D eigenvalue weighted by Gasteiger charge is 2.27. The second kappa shape index (κ2) is 14.4. The maximum absolute atomic E-state index is 13.2. The first-order chi connectivity index (χ1) is 20.5. The van der Waals surface area contributed by atoms with Gasteiger partial charge in [0.15, 0.2) is 0 Å². The smallest absolute Gasteiger partial charge is 0.412 e. The fourth-order valence-corrected chi connectivity index (χ4v) is 5.76. The molecular weight excluding hydrogens is 536 g/mol. The van der Waals surface area contributed by atoms with Gasteiger partial charge in [-0.1, -0.05) is 30.3 Å². The van der Waals surface area contributed by atoms with E-state index in [0.29, 0.717) is 63.7 Å². The maximum atomic E-state index is 13.2. The third-order valence-electron chi connectivity index (χ3n) is 8.20. The molecule has 1 aliphatic carbocycles. The van der Waals surface area contributed by atoms with Crippen LogP contribution in [0, 0.1) is 0 Å². The molecule has 226 valence electrons. The second-order valence-corrected chi connectivity index (χ2v) is 11.2. The summed E-state index contributed by atoms with van der Waals surface area (Å²) in [5.41, 5.74) is 8.66. The Kier molecular flexibility index (Phi) is 10.1. The Morgan fingerprint density at radius 2 is 1.62 bits per heavy atom. The fourth-order valence-electron chi connectivity index (χ4n) is 5.76. The van der Waals surface area contributed by atoms with Gasteiger partial charge in [0.2, 0.25) is 0 Å². The molecule has 0 radical (unpaired) electrons. The number of anilines is 2. The van der Waals surface area contributed by atoms with Gasteiger partial charge in [-0.15, -0.1) is 0 Å². The van der Waals surface area contributed by atoms with Crippen LogP contribution in [-0.2, 0) is 16.1 Å². The fraction of sp³-hybridized carbons (Fsp3) is 0.516. The number of carbonyl (C=O) groups excluding carboxylic acids is 3. The molecule has 2 aromatic carbocycles. The Hall–Kier alpha value is -3.83. The monoisotopic (exact) mass is 578 g/mol. The van der Waals surface area contributed by atoms with Crippen LogP contribution in [0.25, 0.3) is 0 Å². The largest absolute Gasteiger partial charge is 0.444 e. The highest BCUT2D eigenvalue weighted by Crippen LogP contribution is 2.29. The van der Waals surface area contributed by atoms with E-state index in [1.807, 2.05) is 46.2 Å². The number of rotatable bonds is 6. The third-order valence-corrected chi connectivity index (χ3v) is 8.20. The summed E-state index contributed by atoms with van der Waals surface area (Å²) in [6, 6.07) is 15.2. The molecule has 5 rings (SSSR count). The molecule has 2 aliphatic heterocycles. The van der Waals surface area contributed by atoms with Crippen LogP contribution in [0.2, 0.25) is 0 Å². The van der Waals surface area contributed by atoms with Crippen molar-refractivity contribution in [2.75, 3.05) is 62.7 Å². The first kappa shape index (κ1) is 29.7. The van der Waals surface area contributed by atoms with Gasteiger partial charge in [-0.3, -0.25) is 10.1 Å². The molecule has 0 aromatic heterocycles. The van der Waals surface area contributed by atoms with Crippen molar-refractivity contribution in [2.45, 2.75) is 50.8 Å². The molecular formula is C31H42N6O5. The zero-order valence-electron chi connectivity index (χ0n) is 24.1. The summed E-state index contributed by atoms with van der Waals surface area (Å²) < 4.78 is 10.9. The number of nitrogens with zero attached hydrogens (tertiary/aromatic N) is 3. The van der Waals surface area contributed by atoms with Gasteiger partial charge in [-0.25, -0.2) is 9.59 Å². The van der Waals surface area contributed by atoms with Gasteiger partial charge < -0.3 is 35.2 Å². The van der Waals surface area contributed by atoms with Crippen LogP contribution >= 0.6 is 0 Å². The maximum Gasteiger partial charge on any atom is 0.412 e. The quantitative estimate of drug-likeness (QED) is 0.479. The zero-order valence-corrected chi connectivity index (χ0v) is 24.1. The highest BCUT2D eigenvalue weighted by atomic mass is 16.5. The summed E-state index contributed by atoms with van der Waals surface area (Å²) >= 11 is 0. The van der Waals surface area contributed by atoms with Crippen molar-refractivity contribution in [3.05, 3.63) is 59.7 Å². The second-order valence-electron chi connectivity index (χ2n) is 11.2. The molecule has 0 spiro atoms. The zero-order chi connectivity index (χ0) is 29.3. The topological polar surface area (TPSA) is 129 Å². The average Bonchev–Trinajstić information content (AvgIpc) is 3.28. The molecule has 4 amide bonds. The average molecular weight is 579 g/mol. The van der Waals surface area contributed by atoms with E-state index >= 15 is 0 Å². The number of benzene rings is 2. The number of carbonyl (C=O) groups is 3. The Morgan fingerprint density at radius 1 is 0.881 bits per heavy atom. The Morgan fingerprint density at radius 3 is 2.38 bits per heavy atom. The lowest BCUT2D eigenvalue weighted by atomic mass is 9.91. The molecule has 3 fully saturated rings. The molecule has 0 unspecified atom stereocenters. The summed E-state index contributed by atoms with van der Waals surface area (Å²) in [4.78, 5) is 45.1. The third kappa shape index (κ3) is 7.92. The molecule has 11 heteroatoms. The van der Waals surface area contributed by atoms with E-state index in [4.69, 9.17) is 15.2 Å². The Balaban J connectivity index is 1.29. The molecule has 11 nitrogen and oxygen atoms in total. The minimum absolute atomic E-state index is 0.0404. The lowest BCUT2D eigenvalue weighted by Crippen LogP contribution is -2.49. The molecule has 4 N–H and O–H groups in total. The molecule has 2 saturated heterocycles. The predicted molar refractivity (Wildman–Crippen MR) is 161 cm³/mol. The van der Waals surface area contributed by atoms with Crippen molar-refractivity contribution in [3.63, 3.8) is 0 Å². The van der Waals surface area contributed by atoms with Crippen LogP contribution in [0.4, 0.5) is 21.0 Å². The molecule has 42 heavy (non-hydrogen) atoms. The SMILES string of the molecule is NC1CCC(NC(=O)c2ccc(N3CCCN(C(=O)N4CCOCC4)CC3)c(NC(=O)OCc3ccccc3)c2)CC1. The van der Waals surface area contributed by atoms with Gasteiger partial charge in [-0.05, 0) is 55.9 Å². The van der Waals surface area contributed by atoms with Crippen molar-refractivity contribution in [1.82, 2.24) is 15.1 Å². The lowest BCUT2D eigenvalue weighted by molar-refractivity contribution is 0.0438. The summed E-state index contributed by atoms with van der Waals surface area (Å²) in [6.45, 7) is 4.98. The number of hydrogen-bond donors (Lipinski definition) is 3. The van der Waals surface area contributed by atoms with E-state index in [1.165, 1.54) is 0 Å². The van der Waals surface area contributed by atoms with Crippen LogP contribution in [0.1, 0.15) is 48.0 Å². The van der Waals surface area contributed by atoms with Gasteiger partial charge in [0.25, 0.3) is 5.91 Å². The van der Waals surface area contributed by atoms with Gasteiger partial charge in [0.1, 0.15) is 6.61 Å². The lowest BCUT2D eigenvalue weighted by Gasteiger charge is -2.32. The number of nitrogens with two attached hydrogens (primary N) is 1. The van der Waals surface area contributed by atoms with E-state index < -0.39 is 6.09 Å². The van der Waals surface area contributed by atoms with E-state index in [9.17, 15) is 14.4 Å². The molecule has 2 heterocycles. The Bertz CT molecular complexity index is 1210. The molecule has 0 bridgehead atoms. The molecule has 2 aromatic rings. The van der Waals surface area contributed by atoms with E-state index in [2.05, 4.69) is 15.5 Å².